The van der Waals surface area contributed by atoms with E-state index in [0.717, 1.165) is 29.2 Å². The highest BCUT2D eigenvalue weighted by Gasteiger charge is 2.30. The van der Waals surface area contributed by atoms with E-state index in [2.05, 4.69) is 16.0 Å². The number of halogens is 3. The molecule has 3 rings (SSSR count). The third-order valence-corrected chi connectivity index (χ3v) is 5.12. The number of hydrogen-bond donors (Lipinski definition) is 3. The van der Waals surface area contributed by atoms with Crippen LogP contribution in [0.3, 0.4) is 0 Å². The molecule has 0 atom stereocenters. The van der Waals surface area contributed by atoms with Gasteiger partial charge in [0.05, 0.1) is 17.0 Å². The predicted molar refractivity (Wildman–Crippen MR) is 102 cm³/mol. The molecule has 1 aliphatic heterocycles. The molecule has 0 spiro atoms. The van der Waals surface area contributed by atoms with E-state index in [-0.39, 0.29) is 30.5 Å². The van der Waals surface area contributed by atoms with Crippen molar-refractivity contribution in [3.05, 3.63) is 59.2 Å². The molecule has 0 unspecified atom stereocenters. The third kappa shape index (κ3) is 5.29. The average molecular weight is 423 g/mol. The highest BCUT2D eigenvalue weighted by molar-refractivity contribution is 8.00. The summed E-state index contributed by atoms with van der Waals surface area (Å²) in [4.78, 5) is 36.5. The van der Waals surface area contributed by atoms with Gasteiger partial charge in [-0.25, -0.2) is 0 Å². The van der Waals surface area contributed by atoms with Crippen LogP contribution in [0.25, 0.3) is 0 Å². The number of carbonyl (C=O) groups is 3. The van der Waals surface area contributed by atoms with Crippen LogP contribution in [0.5, 0.6) is 0 Å². The molecule has 0 aliphatic carbocycles. The largest absolute Gasteiger partial charge is 0.416 e. The Balaban J connectivity index is 1.48. The van der Waals surface area contributed by atoms with Gasteiger partial charge in [-0.2, -0.15) is 13.2 Å². The van der Waals surface area contributed by atoms with Gasteiger partial charge in [0.25, 0.3) is 11.8 Å². The average Bonchev–Trinajstić information content (AvgIpc) is 2.69. The SMILES string of the molecule is O=C1CSc2ccc(C(=O)NCCNC(=O)c3ccc(C(F)(F)F)cc3)cc2N1. The van der Waals surface area contributed by atoms with Gasteiger partial charge in [-0.05, 0) is 42.5 Å². The Labute approximate surface area is 168 Å². The fourth-order valence-corrected chi connectivity index (χ4v) is 3.38. The first-order valence-electron chi connectivity index (χ1n) is 8.54. The molecule has 0 saturated carbocycles. The molecule has 1 aliphatic rings. The number of anilines is 1. The summed E-state index contributed by atoms with van der Waals surface area (Å²) in [6.07, 6.45) is -4.46. The first-order chi connectivity index (χ1) is 13.7. The normalized spacial score (nSPS) is 13.3. The van der Waals surface area contributed by atoms with Crippen LogP contribution in [0.1, 0.15) is 26.3 Å². The second-order valence-electron chi connectivity index (χ2n) is 6.13. The minimum Gasteiger partial charge on any atom is -0.350 e. The van der Waals surface area contributed by atoms with E-state index in [1.54, 1.807) is 18.2 Å². The van der Waals surface area contributed by atoms with Crippen molar-refractivity contribution < 1.29 is 27.6 Å². The Hall–Kier alpha value is -3.01. The number of hydrogen-bond acceptors (Lipinski definition) is 4. The van der Waals surface area contributed by atoms with Crippen molar-refractivity contribution in [1.29, 1.82) is 0 Å². The number of alkyl halides is 3. The van der Waals surface area contributed by atoms with Crippen LogP contribution in [-0.4, -0.2) is 36.6 Å². The summed E-state index contributed by atoms with van der Waals surface area (Å²) in [5, 5.41) is 7.86. The number of thioether (sulfide) groups is 1. The summed E-state index contributed by atoms with van der Waals surface area (Å²) in [6, 6.07) is 8.83. The summed E-state index contributed by atoms with van der Waals surface area (Å²) >= 11 is 1.39. The van der Waals surface area contributed by atoms with E-state index in [1.165, 1.54) is 11.8 Å². The summed E-state index contributed by atoms with van der Waals surface area (Å²) < 4.78 is 37.6. The van der Waals surface area contributed by atoms with Gasteiger partial charge in [-0.15, -0.1) is 11.8 Å². The van der Waals surface area contributed by atoms with Gasteiger partial charge in [-0.3, -0.25) is 14.4 Å². The highest BCUT2D eigenvalue weighted by atomic mass is 32.2. The van der Waals surface area contributed by atoms with Gasteiger partial charge in [-0.1, -0.05) is 0 Å². The van der Waals surface area contributed by atoms with Crippen LogP contribution in [-0.2, 0) is 11.0 Å². The number of amides is 3. The molecule has 10 heteroatoms. The van der Waals surface area contributed by atoms with Crippen LogP contribution < -0.4 is 16.0 Å². The zero-order chi connectivity index (χ0) is 21.0. The summed E-state index contributed by atoms with van der Waals surface area (Å²) in [5.41, 5.74) is 0.198. The number of fused-ring (bicyclic) bond motifs is 1. The molecule has 0 aromatic heterocycles. The first kappa shape index (κ1) is 20.7. The number of nitrogens with one attached hydrogen (secondary N) is 3. The smallest absolute Gasteiger partial charge is 0.350 e. The monoisotopic (exact) mass is 423 g/mol. The molecule has 3 N–H and O–H groups in total. The fraction of sp³-hybridized carbons (Fsp3) is 0.211. The molecule has 6 nitrogen and oxygen atoms in total. The van der Waals surface area contributed by atoms with Crippen molar-refractivity contribution in [3.63, 3.8) is 0 Å². The van der Waals surface area contributed by atoms with Crippen molar-refractivity contribution in [3.8, 4) is 0 Å². The Morgan fingerprint density at radius 3 is 2.17 bits per heavy atom. The van der Waals surface area contributed by atoms with Crippen LogP contribution in [0.15, 0.2) is 47.4 Å². The summed E-state index contributed by atoms with van der Waals surface area (Å²) in [6.45, 7) is 0.229. The lowest BCUT2D eigenvalue weighted by atomic mass is 10.1. The molecule has 29 heavy (non-hydrogen) atoms. The lowest BCUT2D eigenvalue weighted by Crippen LogP contribution is -2.34. The van der Waals surface area contributed by atoms with Gasteiger partial charge in [0, 0.05) is 29.1 Å². The lowest BCUT2D eigenvalue weighted by molar-refractivity contribution is -0.137. The minimum absolute atomic E-state index is 0.0901. The summed E-state index contributed by atoms with van der Waals surface area (Å²) in [7, 11) is 0. The second-order valence-corrected chi connectivity index (χ2v) is 7.15. The Morgan fingerprint density at radius 2 is 1.55 bits per heavy atom. The zero-order valence-electron chi connectivity index (χ0n) is 14.9. The standard InChI is InChI=1S/C19H16F3N3O3S/c20-19(21,22)13-4-1-11(2-5-13)17(27)23-7-8-24-18(28)12-3-6-15-14(9-12)25-16(26)10-29-15/h1-6,9H,7-8,10H2,(H,23,27)(H,24,28)(H,25,26). The van der Waals surface area contributed by atoms with Crippen molar-refractivity contribution in [1.82, 2.24) is 10.6 Å². The Morgan fingerprint density at radius 1 is 0.966 bits per heavy atom. The molecular weight excluding hydrogens is 407 g/mol. The van der Waals surface area contributed by atoms with Gasteiger partial charge in [0.15, 0.2) is 0 Å². The van der Waals surface area contributed by atoms with Crippen molar-refractivity contribution >= 4 is 35.2 Å². The topological polar surface area (TPSA) is 87.3 Å². The molecule has 0 fully saturated rings. The highest BCUT2D eigenvalue weighted by Crippen LogP contribution is 2.32. The molecule has 0 bridgehead atoms. The molecular formula is C19H16F3N3O3S. The van der Waals surface area contributed by atoms with Crippen molar-refractivity contribution in [2.24, 2.45) is 0 Å². The molecule has 152 valence electrons. The number of benzene rings is 2. The van der Waals surface area contributed by atoms with Crippen molar-refractivity contribution in [2.75, 3.05) is 24.2 Å². The van der Waals surface area contributed by atoms with E-state index in [4.69, 9.17) is 0 Å². The quantitative estimate of drug-likeness (QED) is 0.646. The van der Waals surface area contributed by atoms with Crippen LogP contribution in [0.2, 0.25) is 0 Å². The van der Waals surface area contributed by atoms with Gasteiger partial charge in [0.1, 0.15) is 0 Å². The molecule has 2 aromatic rings. The summed E-state index contributed by atoms with van der Waals surface area (Å²) in [5.74, 6) is -0.717. The Kier molecular flexibility index (Phi) is 6.12. The zero-order valence-corrected chi connectivity index (χ0v) is 15.7. The van der Waals surface area contributed by atoms with Gasteiger partial charge < -0.3 is 16.0 Å². The maximum absolute atomic E-state index is 12.5. The number of carbonyl (C=O) groups excluding carboxylic acids is 3. The van der Waals surface area contributed by atoms with Gasteiger partial charge in [0.2, 0.25) is 5.91 Å². The van der Waals surface area contributed by atoms with Crippen molar-refractivity contribution in [2.45, 2.75) is 11.1 Å². The molecule has 0 saturated heterocycles. The molecule has 3 amide bonds. The van der Waals surface area contributed by atoms with Crippen LogP contribution in [0, 0.1) is 0 Å². The molecule has 1 heterocycles. The van der Waals surface area contributed by atoms with E-state index < -0.39 is 17.6 Å². The van der Waals surface area contributed by atoms with E-state index >= 15 is 0 Å². The minimum atomic E-state index is -4.46. The molecule has 2 aromatic carbocycles. The maximum Gasteiger partial charge on any atom is 0.416 e. The van der Waals surface area contributed by atoms with E-state index in [1.807, 2.05) is 0 Å². The first-order valence-corrected chi connectivity index (χ1v) is 9.53. The lowest BCUT2D eigenvalue weighted by Gasteiger charge is -2.17. The van der Waals surface area contributed by atoms with E-state index in [0.29, 0.717) is 17.0 Å². The maximum atomic E-state index is 12.5. The number of rotatable bonds is 5. The molecule has 0 radical (unpaired) electrons. The Bertz CT molecular complexity index is 946. The van der Waals surface area contributed by atoms with Gasteiger partial charge >= 0.3 is 6.18 Å². The third-order valence-electron chi connectivity index (χ3n) is 4.05. The van der Waals surface area contributed by atoms with E-state index in [9.17, 15) is 27.6 Å². The fourth-order valence-electron chi connectivity index (χ4n) is 2.59. The second kappa shape index (κ2) is 8.56. The van der Waals surface area contributed by atoms with Crippen LogP contribution in [0.4, 0.5) is 18.9 Å². The predicted octanol–water partition coefficient (Wildman–Crippen LogP) is 2.91. The van der Waals surface area contributed by atoms with Crippen LogP contribution >= 0.6 is 11.8 Å².